The zero-order chi connectivity index (χ0) is 7.65. The molecule has 0 aromatic rings. The van der Waals surface area contributed by atoms with Gasteiger partial charge >= 0.3 is 0 Å². The van der Waals surface area contributed by atoms with Crippen molar-refractivity contribution >= 4 is 21.9 Å². The number of carboxylic acid groups (broad SMARTS) is 1. The van der Waals surface area contributed by atoms with Crippen molar-refractivity contribution < 1.29 is 9.90 Å². The van der Waals surface area contributed by atoms with Crippen molar-refractivity contribution in [3.05, 3.63) is 0 Å². The summed E-state index contributed by atoms with van der Waals surface area (Å²) < 4.78 is -0.882. The van der Waals surface area contributed by atoms with Gasteiger partial charge in [0.15, 0.2) is 0 Å². The summed E-state index contributed by atoms with van der Waals surface area (Å²) >= 11 is 3.05. The molecular weight excluding hydrogens is 184 g/mol. The molecule has 9 heavy (non-hydrogen) atoms. The lowest BCUT2D eigenvalue weighted by Crippen LogP contribution is -2.44. The average Bonchev–Trinajstić information content (AvgIpc) is 1.65. The van der Waals surface area contributed by atoms with Crippen LogP contribution in [0.3, 0.4) is 0 Å². The molecule has 0 saturated heterocycles. The van der Waals surface area contributed by atoms with E-state index in [2.05, 4.69) is 15.9 Å². The molecule has 0 N–H and O–H groups in total. The van der Waals surface area contributed by atoms with Gasteiger partial charge < -0.3 is 9.90 Å². The zero-order valence-electron chi connectivity index (χ0n) is 5.77. The van der Waals surface area contributed by atoms with Gasteiger partial charge in [0.05, 0.1) is 10.3 Å². The molecular formula is C6H10BrO2-. The number of hydrogen-bond donors (Lipinski definition) is 0. The number of aliphatic carboxylic acids is 1. The third-order valence-corrected chi connectivity index (χ3v) is 2.72. The maximum Gasteiger partial charge on any atom is 0.0646 e. The minimum Gasteiger partial charge on any atom is -0.549 e. The van der Waals surface area contributed by atoms with Crippen molar-refractivity contribution in [3.8, 4) is 0 Å². The molecule has 0 aromatic carbocycles. The van der Waals surface area contributed by atoms with Crippen LogP contribution < -0.4 is 5.11 Å². The molecule has 54 valence electrons. The zero-order valence-corrected chi connectivity index (χ0v) is 7.36. The number of carbonyl (C=O) groups excluding carboxylic acids is 1. The van der Waals surface area contributed by atoms with Gasteiger partial charge in [0.2, 0.25) is 0 Å². The van der Waals surface area contributed by atoms with E-state index in [1.807, 2.05) is 13.8 Å². The summed E-state index contributed by atoms with van der Waals surface area (Å²) in [7, 11) is 0. The van der Waals surface area contributed by atoms with Gasteiger partial charge in [-0.3, -0.25) is 0 Å². The van der Waals surface area contributed by atoms with Crippen LogP contribution >= 0.6 is 15.9 Å². The topological polar surface area (TPSA) is 40.1 Å². The fourth-order valence-electron chi connectivity index (χ4n) is 0.236. The molecule has 0 aromatic heterocycles. The van der Waals surface area contributed by atoms with E-state index in [4.69, 9.17) is 0 Å². The largest absolute Gasteiger partial charge is 0.549 e. The van der Waals surface area contributed by atoms with E-state index in [1.54, 1.807) is 6.92 Å². The van der Waals surface area contributed by atoms with Crippen LogP contribution in [0.2, 0.25) is 0 Å². The van der Waals surface area contributed by atoms with Gasteiger partial charge in [-0.1, -0.05) is 29.8 Å². The second-order valence-electron chi connectivity index (χ2n) is 2.52. The Morgan fingerprint density at radius 1 is 1.67 bits per heavy atom. The van der Waals surface area contributed by atoms with Crippen molar-refractivity contribution in [1.29, 1.82) is 0 Å². The predicted octanol–water partition coefficient (Wildman–Crippen LogP) is 0.546. The van der Waals surface area contributed by atoms with Gasteiger partial charge in [-0.05, 0) is 12.8 Å². The molecule has 0 spiro atoms. The molecule has 0 aliphatic rings. The van der Waals surface area contributed by atoms with E-state index in [0.29, 0.717) is 0 Å². The van der Waals surface area contributed by atoms with E-state index in [1.165, 1.54) is 0 Å². The average molecular weight is 194 g/mol. The minimum absolute atomic E-state index is 0.0440. The maximum absolute atomic E-state index is 10.3. The van der Waals surface area contributed by atoms with Crippen LogP contribution in [0, 0.1) is 5.92 Å². The Kier molecular flexibility index (Phi) is 2.67. The predicted molar refractivity (Wildman–Crippen MR) is 37.2 cm³/mol. The second-order valence-corrected chi connectivity index (χ2v) is 4.17. The number of carbonyl (C=O) groups is 1. The number of rotatable bonds is 2. The molecule has 0 aliphatic carbocycles. The van der Waals surface area contributed by atoms with Crippen LogP contribution in [0.25, 0.3) is 0 Å². The molecule has 1 unspecified atom stereocenters. The highest BCUT2D eigenvalue weighted by atomic mass is 79.9. The fourth-order valence-corrected chi connectivity index (χ4v) is 0.236. The first kappa shape index (κ1) is 8.95. The molecule has 0 bridgehead atoms. The summed E-state index contributed by atoms with van der Waals surface area (Å²) in [5, 5.41) is 10.3. The van der Waals surface area contributed by atoms with Crippen LogP contribution in [-0.4, -0.2) is 10.3 Å². The number of carboxylic acids is 1. The smallest absolute Gasteiger partial charge is 0.0646 e. The van der Waals surface area contributed by atoms with Gasteiger partial charge in [-0.25, -0.2) is 0 Å². The quantitative estimate of drug-likeness (QED) is 0.602. The van der Waals surface area contributed by atoms with Crippen molar-refractivity contribution in [2.45, 2.75) is 25.1 Å². The highest BCUT2D eigenvalue weighted by Crippen LogP contribution is 2.25. The summed E-state index contributed by atoms with van der Waals surface area (Å²) in [5.41, 5.74) is 0. The third-order valence-electron chi connectivity index (χ3n) is 1.48. The molecule has 1 atom stereocenters. The number of halogens is 1. The summed E-state index contributed by atoms with van der Waals surface area (Å²) in [5.74, 6) is -1.01. The molecule has 0 aliphatic heterocycles. The van der Waals surface area contributed by atoms with Crippen molar-refractivity contribution in [3.63, 3.8) is 0 Å². The van der Waals surface area contributed by atoms with Crippen molar-refractivity contribution in [2.24, 2.45) is 5.92 Å². The van der Waals surface area contributed by atoms with Crippen LogP contribution in [0.5, 0.6) is 0 Å². The molecule has 0 heterocycles. The highest BCUT2D eigenvalue weighted by molar-refractivity contribution is 9.10. The first-order valence-electron chi connectivity index (χ1n) is 2.79. The van der Waals surface area contributed by atoms with Gasteiger partial charge in [-0.15, -0.1) is 0 Å². The Hall–Kier alpha value is -0.0500. The second kappa shape index (κ2) is 2.69. The first-order chi connectivity index (χ1) is 3.89. The minimum atomic E-state index is -1.06. The van der Waals surface area contributed by atoms with Crippen LogP contribution in [0.15, 0.2) is 0 Å². The lowest BCUT2D eigenvalue weighted by Gasteiger charge is -2.27. The lowest BCUT2D eigenvalue weighted by atomic mass is 9.98. The van der Waals surface area contributed by atoms with E-state index < -0.39 is 10.3 Å². The van der Waals surface area contributed by atoms with Crippen molar-refractivity contribution in [1.82, 2.24) is 0 Å². The summed E-state index contributed by atoms with van der Waals surface area (Å²) in [4.78, 5) is 10.3. The first-order valence-corrected chi connectivity index (χ1v) is 3.58. The van der Waals surface area contributed by atoms with Gasteiger partial charge in [-0.2, -0.15) is 0 Å². The van der Waals surface area contributed by atoms with E-state index >= 15 is 0 Å². The van der Waals surface area contributed by atoms with Gasteiger partial charge in [0.1, 0.15) is 0 Å². The third kappa shape index (κ3) is 1.97. The summed E-state index contributed by atoms with van der Waals surface area (Å²) in [6.07, 6.45) is 0. The SMILES string of the molecule is CC(C)C(C)(Br)C(=O)[O-]. The highest BCUT2D eigenvalue weighted by Gasteiger charge is 2.25. The van der Waals surface area contributed by atoms with Crippen LogP contribution in [0.4, 0.5) is 0 Å². The fraction of sp³-hybridized carbons (Fsp3) is 0.833. The Labute approximate surface area is 63.4 Å². The normalized spacial score (nSPS) is 17.4. The van der Waals surface area contributed by atoms with Crippen molar-refractivity contribution in [2.75, 3.05) is 0 Å². The molecule has 0 fully saturated rings. The van der Waals surface area contributed by atoms with E-state index in [-0.39, 0.29) is 5.92 Å². The summed E-state index contributed by atoms with van der Waals surface area (Å²) in [6, 6.07) is 0. The number of alkyl halides is 1. The van der Waals surface area contributed by atoms with E-state index in [9.17, 15) is 9.90 Å². The Morgan fingerprint density at radius 3 is 2.00 bits per heavy atom. The van der Waals surface area contributed by atoms with E-state index in [0.717, 1.165) is 0 Å². The monoisotopic (exact) mass is 193 g/mol. The number of hydrogen-bond acceptors (Lipinski definition) is 2. The van der Waals surface area contributed by atoms with Crippen LogP contribution in [0.1, 0.15) is 20.8 Å². The standard InChI is InChI=1S/C6H11BrO2/c1-4(2)6(3,7)5(8)9/h4H,1-3H3,(H,8,9)/p-1. The Bertz CT molecular complexity index is 118. The molecule has 0 amide bonds. The van der Waals surface area contributed by atoms with Gasteiger partial charge in [0.25, 0.3) is 0 Å². The molecule has 0 rings (SSSR count). The molecule has 2 nitrogen and oxygen atoms in total. The van der Waals surface area contributed by atoms with Gasteiger partial charge in [0, 0.05) is 0 Å². The Balaban J connectivity index is 4.19. The lowest BCUT2D eigenvalue weighted by molar-refractivity contribution is -0.309. The molecule has 0 saturated carbocycles. The molecule has 3 heteroatoms. The molecule has 0 radical (unpaired) electrons. The maximum atomic E-state index is 10.3. The summed E-state index contributed by atoms with van der Waals surface area (Å²) in [6.45, 7) is 5.24. The van der Waals surface area contributed by atoms with Crippen LogP contribution in [-0.2, 0) is 4.79 Å². The Morgan fingerprint density at radius 2 is 2.00 bits per heavy atom.